The molecule has 2 saturated carbocycles. The van der Waals surface area contributed by atoms with Crippen LogP contribution >= 0.6 is 11.8 Å². The fourth-order valence-electron chi connectivity index (χ4n) is 5.95. The molecule has 0 heterocycles. The summed E-state index contributed by atoms with van der Waals surface area (Å²) < 4.78 is 5.69. The lowest BCUT2D eigenvalue weighted by Crippen LogP contribution is -2.50. The van der Waals surface area contributed by atoms with Crippen molar-refractivity contribution in [2.45, 2.75) is 31.2 Å². The van der Waals surface area contributed by atoms with Crippen LogP contribution in [0.15, 0.2) is 48.5 Å². The molecule has 35 heavy (non-hydrogen) atoms. The number of thioether (sulfide) groups is 1. The maximum atomic E-state index is 12.6. The average Bonchev–Trinajstić information content (AvgIpc) is 3.36. The van der Waals surface area contributed by atoms with Crippen LogP contribution in [0.3, 0.4) is 0 Å². The molecule has 0 radical (unpaired) electrons. The van der Waals surface area contributed by atoms with E-state index in [1.54, 1.807) is 0 Å². The largest absolute Gasteiger partial charge is 0.481 e. The Bertz CT molecular complexity index is 1080. The molecule has 0 spiro atoms. The molecule has 0 aliphatic heterocycles. The van der Waals surface area contributed by atoms with Gasteiger partial charge in [0.1, 0.15) is 6.61 Å². The number of carboxylic acid groups (broad SMARTS) is 1. The van der Waals surface area contributed by atoms with Crippen LogP contribution in [-0.2, 0) is 14.3 Å². The Hall–Kier alpha value is -3.00. The fraction of sp³-hybridized carbons (Fsp3) is 0.444. The second-order valence-corrected chi connectivity index (χ2v) is 10.7. The predicted molar refractivity (Wildman–Crippen MR) is 134 cm³/mol. The van der Waals surface area contributed by atoms with Gasteiger partial charge in [0, 0.05) is 30.2 Å². The molecule has 184 valence electrons. The summed E-state index contributed by atoms with van der Waals surface area (Å²) in [6.07, 6.45) is 2.11. The first-order chi connectivity index (χ1) is 17.0. The van der Waals surface area contributed by atoms with E-state index >= 15 is 0 Å². The number of rotatable bonds is 9. The Balaban J connectivity index is 1.07. The van der Waals surface area contributed by atoms with E-state index in [0.29, 0.717) is 30.7 Å². The quantitative estimate of drug-likeness (QED) is 0.457. The van der Waals surface area contributed by atoms with Crippen molar-refractivity contribution >= 4 is 29.7 Å². The predicted octanol–water partition coefficient (Wildman–Crippen LogP) is 3.87. The Morgan fingerprint density at radius 3 is 2.34 bits per heavy atom. The minimum Gasteiger partial charge on any atom is -0.481 e. The van der Waals surface area contributed by atoms with Crippen molar-refractivity contribution in [3.63, 3.8) is 0 Å². The van der Waals surface area contributed by atoms with E-state index in [4.69, 9.17) is 9.84 Å². The van der Waals surface area contributed by atoms with Crippen molar-refractivity contribution < 1.29 is 24.2 Å². The molecule has 2 fully saturated rings. The first kappa shape index (κ1) is 23.7. The fourth-order valence-corrected chi connectivity index (χ4v) is 6.51. The van der Waals surface area contributed by atoms with Gasteiger partial charge in [-0.25, -0.2) is 4.79 Å². The molecule has 2 aromatic carbocycles. The molecule has 5 rings (SSSR count). The minimum atomic E-state index is -0.844. The average molecular weight is 495 g/mol. The lowest BCUT2D eigenvalue weighted by molar-refractivity contribution is -0.134. The van der Waals surface area contributed by atoms with E-state index in [2.05, 4.69) is 34.9 Å². The highest BCUT2D eigenvalue weighted by Crippen LogP contribution is 2.50. The maximum absolute atomic E-state index is 12.6. The number of aliphatic carboxylic acids is 1. The number of carbonyl (C=O) groups excluding carboxylic acids is 2. The minimum absolute atomic E-state index is 0.0372. The molecule has 0 aromatic heterocycles. The normalized spacial score (nSPS) is 24.0. The summed E-state index contributed by atoms with van der Waals surface area (Å²) in [6, 6.07) is 16.6. The molecule has 3 N–H and O–H groups in total. The van der Waals surface area contributed by atoms with Crippen molar-refractivity contribution in [2.24, 2.45) is 17.8 Å². The number of ether oxygens (including phenoxy) is 1. The highest BCUT2D eigenvalue weighted by molar-refractivity contribution is 7.99. The molecule has 4 atom stereocenters. The summed E-state index contributed by atoms with van der Waals surface area (Å²) in [5, 5.41) is 14.6. The first-order valence-electron chi connectivity index (χ1n) is 12.2. The third-order valence-corrected chi connectivity index (χ3v) is 8.56. The van der Waals surface area contributed by atoms with Crippen LogP contribution in [0.5, 0.6) is 0 Å². The van der Waals surface area contributed by atoms with Gasteiger partial charge in [-0.3, -0.25) is 9.59 Å². The second kappa shape index (κ2) is 10.3. The molecule has 2 amide bonds. The Kier molecular flexibility index (Phi) is 7.00. The summed E-state index contributed by atoms with van der Waals surface area (Å²) in [5.41, 5.74) is 4.79. The molecule has 7 nitrogen and oxygen atoms in total. The Morgan fingerprint density at radius 2 is 1.66 bits per heavy atom. The summed E-state index contributed by atoms with van der Waals surface area (Å²) in [6.45, 7) is 0.773. The standard InChI is InChI=1S/C27H30N2O5S/c30-25(31)15-35-10-9-28-26(32)17-11-16-13-24(22(16)12-17)29-27(33)34-14-23-20-7-3-1-5-18(20)19-6-2-4-8-21(19)23/h1-8,16-17,22-24H,9-15H2,(H,28,32)(H,29,33)(H,30,31). The summed E-state index contributed by atoms with van der Waals surface area (Å²) in [4.78, 5) is 35.7. The van der Waals surface area contributed by atoms with Gasteiger partial charge in [-0.15, -0.1) is 11.8 Å². The van der Waals surface area contributed by atoms with Crippen molar-refractivity contribution in [1.29, 1.82) is 0 Å². The van der Waals surface area contributed by atoms with Crippen LogP contribution in [0.1, 0.15) is 36.3 Å². The SMILES string of the molecule is O=C(O)CSCCNC(=O)C1CC2CC(NC(=O)OCC3c4ccccc4-c4ccccc43)C2C1. The van der Waals surface area contributed by atoms with Gasteiger partial charge >= 0.3 is 12.1 Å². The zero-order chi connectivity index (χ0) is 24.4. The van der Waals surface area contributed by atoms with Crippen LogP contribution in [0.2, 0.25) is 0 Å². The maximum Gasteiger partial charge on any atom is 0.407 e. The number of hydrogen-bond donors (Lipinski definition) is 3. The van der Waals surface area contributed by atoms with Gasteiger partial charge in [-0.1, -0.05) is 48.5 Å². The Morgan fingerprint density at radius 1 is 0.971 bits per heavy atom. The zero-order valence-electron chi connectivity index (χ0n) is 19.4. The Labute approximate surface area is 209 Å². The lowest BCUT2D eigenvalue weighted by atomic mass is 9.71. The van der Waals surface area contributed by atoms with E-state index in [1.807, 2.05) is 24.3 Å². The van der Waals surface area contributed by atoms with Crippen molar-refractivity contribution in [2.75, 3.05) is 24.7 Å². The van der Waals surface area contributed by atoms with Gasteiger partial charge in [0.15, 0.2) is 0 Å². The van der Waals surface area contributed by atoms with Gasteiger partial charge in [0.2, 0.25) is 5.91 Å². The summed E-state index contributed by atoms with van der Waals surface area (Å²) in [7, 11) is 0. The first-order valence-corrected chi connectivity index (χ1v) is 13.4. The molecule has 3 aliphatic carbocycles. The number of nitrogens with one attached hydrogen (secondary N) is 2. The van der Waals surface area contributed by atoms with Crippen molar-refractivity contribution in [1.82, 2.24) is 10.6 Å². The van der Waals surface area contributed by atoms with Crippen LogP contribution in [-0.4, -0.2) is 53.8 Å². The molecule has 8 heteroatoms. The smallest absolute Gasteiger partial charge is 0.407 e. The van der Waals surface area contributed by atoms with Crippen LogP contribution in [0, 0.1) is 17.8 Å². The van der Waals surface area contributed by atoms with Gasteiger partial charge in [0.05, 0.1) is 5.75 Å². The van der Waals surface area contributed by atoms with Gasteiger partial charge < -0.3 is 20.5 Å². The number of amides is 2. The van der Waals surface area contributed by atoms with Crippen LogP contribution < -0.4 is 10.6 Å². The van der Waals surface area contributed by atoms with E-state index < -0.39 is 12.1 Å². The summed E-state index contributed by atoms with van der Waals surface area (Å²) >= 11 is 1.30. The lowest BCUT2D eigenvalue weighted by Gasteiger charge is -2.40. The van der Waals surface area contributed by atoms with Crippen molar-refractivity contribution in [3.05, 3.63) is 59.7 Å². The third kappa shape index (κ3) is 5.03. The molecule has 0 saturated heterocycles. The van der Waals surface area contributed by atoms with Gasteiger partial charge in [-0.05, 0) is 53.4 Å². The number of alkyl carbamates (subject to hydrolysis) is 1. The highest BCUT2D eigenvalue weighted by atomic mass is 32.2. The molecule has 2 aromatic rings. The number of benzene rings is 2. The van der Waals surface area contributed by atoms with E-state index in [0.717, 1.165) is 19.3 Å². The van der Waals surface area contributed by atoms with Gasteiger partial charge in [-0.2, -0.15) is 0 Å². The van der Waals surface area contributed by atoms with Crippen LogP contribution in [0.25, 0.3) is 11.1 Å². The van der Waals surface area contributed by atoms with E-state index in [9.17, 15) is 14.4 Å². The molecular weight excluding hydrogens is 464 g/mol. The van der Waals surface area contributed by atoms with Crippen molar-refractivity contribution in [3.8, 4) is 11.1 Å². The number of carbonyl (C=O) groups is 3. The molecular formula is C27H30N2O5S. The van der Waals surface area contributed by atoms with Gasteiger partial charge in [0.25, 0.3) is 0 Å². The highest BCUT2D eigenvalue weighted by Gasteiger charge is 2.50. The number of carboxylic acids is 1. The monoisotopic (exact) mass is 494 g/mol. The zero-order valence-corrected chi connectivity index (χ0v) is 20.3. The number of hydrogen-bond acceptors (Lipinski definition) is 5. The topological polar surface area (TPSA) is 105 Å². The third-order valence-electron chi connectivity index (χ3n) is 7.61. The van der Waals surface area contributed by atoms with Crippen LogP contribution in [0.4, 0.5) is 4.79 Å². The molecule has 3 aliphatic rings. The second-order valence-electron chi connectivity index (χ2n) is 9.64. The molecule has 0 bridgehead atoms. The van der Waals surface area contributed by atoms with E-state index in [-0.39, 0.29) is 29.5 Å². The summed E-state index contributed by atoms with van der Waals surface area (Å²) in [5.74, 6) is 0.604. The number of fused-ring (bicyclic) bond motifs is 4. The van der Waals surface area contributed by atoms with E-state index in [1.165, 1.54) is 34.0 Å². The molecule has 4 unspecified atom stereocenters.